The Morgan fingerprint density at radius 1 is 0.944 bits per heavy atom. The molecule has 0 atom stereocenters. The molecule has 0 spiro atoms. The average Bonchev–Trinajstić information content (AvgIpc) is 3.53. The summed E-state index contributed by atoms with van der Waals surface area (Å²) in [4.78, 5) is 4.32. The number of fused-ring (bicyclic) bond motifs is 3. The van der Waals surface area contributed by atoms with Crippen LogP contribution >= 0.6 is 0 Å². The molecule has 4 nitrogen and oxygen atoms in total. The van der Waals surface area contributed by atoms with Crippen LogP contribution in [-0.2, 0) is 20.1 Å². The summed E-state index contributed by atoms with van der Waals surface area (Å²) in [6.45, 7) is 5.23. The van der Waals surface area contributed by atoms with E-state index in [1.165, 1.54) is 18.4 Å². The summed E-state index contributed by atoms with van der Waals surface area (Å²) in [7, 11) is 0. The van der Waals surface area contributed by atoms with E-state index in [2.05, 4.69) is 59.0 Å². The molecule has 181 valence electrons. The predicted molar refractivity (Wildman–Crippen MR) is 140 cm³/mol. The quantitative estimate of drug-likeness (QED) is 0.147. The zero-order valence-electron chi connectivity index (χ0n) is 20.4. The van der Waals surface area contributed by atoms with Crippen molar-refractivity contribution in [3.8, 4) is 11.3 Å². The van der Waals surface area contributed by atoms with Gasteiger partial charge in [-0.2, -0.15) is 0 Å². The van der Waals surface area contributed by atoms with E-state index >= 15 is 0 Å². The summed E-state index contributed by atoms with van der Waals surface area (Å²) in [6.07, 6.45) is 8.30. The van der Waals surface area contributed by atoms with E-state index in [1.807, 2.05) is 78.5 Å². The van der Waals surface area contributed by atoms with E-state index in [0.29, 0.717) is 0 Å². The Morgan fingerprint density at radius 2 is 1.81 bits per heavy atom. The van der Waals surface area contributed by atoms with Crippen molar-refractivity contribution < 1.29 is 33.7 Å². The van der Waals surface area contributed by atoms with Gasteiger partial charge in [0.15, 0.2) is 6.54 Å². The standard InChI is InChI=1S/C19H17N2O.C12H10N.Ir/c1-2-3-10-20-11-12-21(14-20)15-8-9-19-17(13-15)16-6-4-5-7-18(16)22-19;1-10-7-8-12(13-9-10)11-5-3-2-4-6-11;/h4-7,9,11-13H,2-3,10H2,1H3;2-5,7-9H,1H3;/q+1;-1;. The predicted octanol–water partition coefficient (Wildman–Crippen LogP) is 7.36. The van der Waals surface area contributed by atoms with Crippen molar-refractivity contribution in [2.45, 2.75) is 26.7 Å². The molecule has 0 fully saturated rings. The minimum Gasteiger partial charge on any atom is -0.516 e. The van der Waals surface area contributed by atoms with Gasteiger partial charge in [-0.15, -0.1) is 48.0 Å². The molecule has 1 radical (unpaired) electrons. The Balaban J connectivity index is 0.000000187. The van der Waals surface area contributed by atoms with Crippen LogP contribution in [0.2, 0.25) is 0 Å². The molecule has 0 N–H and O–H groups in total. The number of aromatic nitrogens is 1. The van der Waals surface area contributed by atoms with Gasteiger partial charge in [0, 0.05) is 43.7 Å². The zero-order chi connectivity index (χ0) is 24.0. The Bertz CT molecular complexity index is 1560. The Morgan fingerprint density at radius 3 is 2.58 bits per heavy atom. The maximum atomic E-state index is 5.85. The summed E-state index contributed by atoms with van der Waals surface area (Å²) >= 11 is 0. The molecule has 0 saturated carbocycles. The van der Waals surface area contributed by atoms with Gasteiger partial charge in [-0.1, -0.05) is 64.3 Å². The molecule has 0 aliphatic carbocycles. The summed E-state index contributed by atoms with van der Waals surface area (Å²) in [5.74, 6) is 0. The van der Waals surface area contributed by atoms with Crippen molar-refractivity contribution in [3.05, 3.63) is 109 Å². The third kappa shape index (κ3) is 5.78. The van der Waals surface area contributed by atoms with Crippen LogP contribution in [0, 0.1) is 19.1 Å². The molecule has 5 heteroatoms. The van der Waals surface area contributed by atoms with Crippen LogP contribution in [0.4, 0.5) is 5.69 Å². The van der Waals surface area contributed by atoms with Gasteiger partial charge < -0.3 is 9.40 Å². The van der Waals surface area contributed by atoms with Crippen LogP contribution in [-0.4, -0.2) is 26.7 Å². The minimum atomic E-state index is 0. The second-order valence-corrected chi connectivity index (χ2v) is 8.51. The molecule has 0 saturated heterocycles. The van der Waals surface area contributed by atoms with Gasteiger partial charge in [0.2, 0.25) is 6.20 Å². The van der Waals surface area contributed by atoms with Crippen molar-refractivity contribution in [1.82, 2.24) is 4.98 Å². The third-order valence-electron chi connectivity index (χ3n) is 5.84. The van der Waals surface area contributed by atoms with Gasteiger partial charge >= 0.3 is 6.01 Å². The number of benzene rings is 3. The summed E-state index contributed by atoms with van der Waals surface area (Å²) < 4.78 is 9.92. The molecule has 3 aromatic carbocycles. The van der Waals surface area contributed by atoms with E-state index in [1.54, 1.807) is 0 Å². The summed E-state index contributed by atoms with van der Waals surface area (Å²) in [6, 6.07) is 33.8. The molecule has 1 aliphatic heterocycles. The van der Waals surface area contributed by atoms with Gasteiger partial charge in [0.05, 0.1) is 0 Å². The normalized spacial score (nSPS) is 12.1. The largest absolute Gasteiger partial charge is 0.516 e. The minimum absolute atomic E-state index is 0. The van der Waals surface area contributed by atoms with Gasteiger partial charge in [-0.25, -0.2) is 0 Å². The van der Waals surface area contributed by atoms with Gasteiger partial charge in [-0.05, 0) is 24.2 Å². The maximum absolute atomic E-state index is 5.85. The molecular formula is C31H27IrN3O. The Hall–Kier alpha value is -3.62. The second kappa shape index (κ2) is 11.9. The first kappa shape index (κ1) is 25.5. The fourth-order valence-corrected chi connectivity index (χ4v) is 3.92. The number of hydrogen-bond donors (Lipinski definition) is 0. The van der Waals surface area contributed by atoms with E-state index in [-0.39, 0.29) is 20.1 Å². The number of pyridine rings is 1. The topological polar surface area (TPSA) is 32.0 Å². The Labute approximate surface area is 225 Å². The van der Waals surface area contributed by atoms with Crippen molar-refractivity contribution >= 4 is 33.6 Å². The fourth-order valence-electron chi connectivity index (χ4n) is 3.92. The van der Waals surface area contributed by atoms with Crippen molar-refractivity contribution in [1.29, 1.82) is 0 Å². The zero-order valence-corrected chi connectivity index (χ0v) is 22.8. The van der Waals surface area contributed by atoms with E-state index in [4.69, 9.17) is 4.42 Å². The van der Waals surface area contributed by atoms with Crippen LogP contribution < -0.4 is 0 Å². The molecule has 36 heavy (non-hydrogen) atoms. The van der Waals surface area contributed by atoms with Crippen molar-refractivity contribution in [3.63, 3.8) is 0 Å². The number of rotatable bonds is 5. The Kier molecular flexibility index (Phi) is 8.40. The first-order valence-electron chi connectivity index (χ1n) is 11.9. The number of para-hydroxylation sites is 1. The van der Waals surface area contributed by atoms with Crippen LogP contribution in [0.1, 0.15) is 25.3 Å². The molecule has 2 aromatic heterocycles. The van der Waals surface area contributed by atoms with E-state index in [9.17, 15) is 0 Å². The first-order chi connectivity index (χ1) is 17.2. The monoisotopic (exact) mass is 650 g/mol. The second-order valence-electron chi connectivity index (χ2n) is 8.51. The van der Waals surface area contributed by atoms with E-state index in [0.717, 1.165) is 45.4 Å². The van der Waals surface area contributed by atoms with Crippen LogP contribution in [0.25, 0.3) is 33.2 Å². The molecule has 1 aliphatic rings. The third-order valence-corrected chi connectivity index (χ3v) is 5.84. The van der Waals surface area contributed by atoms with Gasteiger partial charge in [0.25, 0.3) is 6.20 Å². The number of aryl methyl sites for hydroxylation is 1. The summed E-state index contributed by atoms with van der Waals surface area (Å²) in [5, 5.41) is 2.25. The first-order valence-corrected chi connectivity index (χ1v) is 11.9. The number of furan rings is 1. The molecule has 5 aromatic rings. The summed E-state index contributed by atoms with van der Waals surface area (Å²) in [5.41, 5.74) is 5.97. The van der Waals surface area contributed by atoms with Crippen molar-refractivity contribution in [2.24, 2.45) is 0 Å². The van der Waals surface area contributed by atoms with E-state index < -0.39 is 0 Å². The van der Waals surface area contributed by atoms with Crippen LogP contribution in [0.3, 0.4) is 0 Å². The van der Waals surface area contributed by atoms with Gasteiger partial charge in [0.1, 0.15) is 11.3 Å². The molecule has 0 unspecified atom stereocenters. The van der Waals surface area contributed by atoms with Crippen LogP contribution in [0.15, 0.2) is 95.8 Å². The number of nitrogens with zero attached hydrogens (tertiary/aromatic N) is 3. The number of hydrogen-bond acceptors (Lipinski definition) is 2. The van der Waals surface area contributed by atoms with Crippen LogP contribution in [0.5, 0.6) is 0 Å². The average molecular weight is 650 g/mol. The molecular weight excluding hydrogens is 623 g/mol. The SMILES string of the molecule is CCCC[N+]1=C=[N+](c2[c-]cc3oc4ccccc4c3c2)C=C1.Cc1ccc(-c2[c-]cccc2)nc1.[Ir]. The molecule has 0 amide bonds. The molecule has 0 bridgehead atoms. The van der Waals surface area contributed by atoms with Gasteiger partial charge in [-0.3, -0.25) is 0 Å². The fraction of sp³-hybridized carbons (Fsp3) is 0.161. The van der Waals surface area contributed by atoms with Crippen molar-refractivity contribution in [2.75, 3.05) is 6.54 Å². The number of unbranched alkanes of at least 4 members (excludes halogenated alkanes) is 1. The smallest absolute Gasteiger partial charge is 0.493 e. The maximum Gasteiger partial charge on any atom is 0.493 e. The molecule has 3 heterocycles. The molecule has 6 rings (SSSR count).